The fraction of sp³-hybridized carbons (Fsp3) is 0.632. The first kappa shape index (κ1) is 16.3. The molecule has 1 heterocycles. The van der Waals surface area contributed by atoms with E-state index >= 15 is 0 Å². The van der Waals surface area contributed by atoms with Gasteiger partial charge in [0, 0.05) is 25.2 Å². The summed E-state index contributed by atoms with van der Waals surface area (Å²) in [6.45, 7) is 4.76. The lowest BCUT2D eigenvalue weighted by Gasteiger charge is -2.38. The van der Waals surface area contributed by atoms with Gasteiger partial charge in [0.05, 0.1) is 0 Å². The molecule has 2 unspecified atom stereocenters. The van der Waals surface area contributed by atoms with Gasteiger partial charge in [-0.05, 0) is 37.2 Å². The molecular formula is C19H28N2O2. The van der Waals surface area contributed by atoms with Crippen molar-refractivity contribution in [3.63, 3.8) is 0 Å². The molecule has 23 heavy (non-hydrogen) atoms. The highest BCUT2D eigenvalue weighted by Gasteiger charge is 2.36. The van der Waals surface area contributed by atoms with Crippen LogP contribution in [0.4, 0.5) is 4.79 Å². The van der Waals surface area contributed by atoms with Crippen LogP contribution >= 0.6 is 0 Å². The molecule has 1 aromatic rings. The molecule has 1 N–H and O–H groups in total. The lowest BCUT2D eigenvalue weighted by atomic mass is 9.90. The molecule has 0 bridgehead atoms. The SMILES string of the molecule is CCCC1CC(NC(=O)OCc2ccccc2)CN(C2CC2)C1. The molecule has 4 heteroatoms. The fourth-order valence-electron chi connectivity index (χ4n) is 3.63. The second kappa shape index (κ2) is 7.82. The van der Waals surface area contributed by atoms with Gasteiger partial charge in [0.25, 0.3) is 0 Å². The van der Waals surface area contributed by atoms with E-state index in [0.717, 1.165) is 24.6 Å². The van der Waals surface area contributed by atoms with Gasteiger partial charge in [-0.3, -0.25) is 4.90 Å². The van der Waals surface area contributed by atoms with E-state index in [9.17, 15) is 4.79 Å². The summed E-state index contributed by atoms with van der Waals surface area (Å²) in [4.78, 5) is 14.7. The average Bonchev–Trinajstić information content (AvgIpc) is 3.39. The number of amides is 1. The molecule has 1 aromatic carbocycles. The van der Waals surface area contributed by atoms with Crippen molar-refractivity contribution < 1.29 is 9.53 Å². The van der Waals surface area contributed by atoms with Crippen molar-refractivity contribution in [3.05, 3.63) is 35.9 Å². The smallest absolute Gasteiger partial charge is 0.407 e. The van der Waals surface area contributed by atoms with Gasteiger partial charge in [0.15, 0.2) is 0 Å². The number of benzene rings is 1. The zero-order valence-corrected chi connectivity index (χ0v) is 14.0. The molecule has 2 fully saturated rings. The van der Waals surface area contributed by atoms with E-state index in [-0.39, 0.29) is 12.1 Å². The lowest BCUT2D eigenvalue weighted by molar-refractivity contribution is 0.105. The van der Waals surface area contributed by atoms with Gasteiger partial charge in [0.2, 0.25) is 0 Å². The Morgan fingerprint density at radius 2 is 2.04 bits per heavy atom. The molecule has 4 nitrogen and oxygen atoms in total. The van der Waals surface area contributed by atoms with Crippen LogP contribution in [-0.4, -0.2) is 36.2 Å². The fourth-order valence-corrected chi connectivity index (χ4v) is 3.63. The van der Waals surface area contributed by atoms with Crippen LogP contribution in [0, 0.1) is 5.92 Å². The van der Waals surface area contributed by atoms with Crippen molar-refractivity contribution in [3.8, 4) is 0 Å². The standard InChI is InChI=1S/C19H28N2O2/c1-2-6-16-11-17(13-21(12-16)18-9-10-18)20-19(22)23-14-15-7-4-3-5-8-15/h3-5,7-8,16-18H,2,6,9-14H2,1H3,(H,20,22). The van der Waals surface area contributed by atoms with Gasteiger partial charge in [-0.1, -0.05) is 43.7 Å². The van der Waals surface area contributed by atoms with E-state index in [1.165, 1.54) is 32.2 Å². The lowest BCUT2D eigenvalue weighted by Crippen LogP contribution is -2.51. The summed E-state index contributed by atoms with van der Waals surface area (Å²) >= 11 is 0. The number of likely N-dealkylation sites (tertiary alicyclic amines) is 1. The van der Waals surface area contributed by atoms with Crippen molar-refractivity contribution in [2.75, 3.05) is 13.1 Å². The van der Waals surface area contributed by atoms with Crippen molar-refractivity contribution in [1.82, 2.24) is 10.2 Å². The Labute approximate surface area is 139 Å². The minimum Gasteiger partial charge on any atom is -0.445 e. The summed E-state index contributed by atoms with van der Waals surface area (Å²) in [5, 5.41) is 3.09. The van der Waals surface area contributed by atoms with Gasteiger partial charge in [-0.15, -0.1) is 0 Å². The van der Waals surface area contributed by atoms with Crippen LogP contribution in [0.1, 0.15) is 44.6 Å². The third kappa shape index (κ3) is 4.96. The largest absolute Gasteiger partial charge is 0.445 e. The van der Waals surface area contributed by atoms with Crippen LogP contribution in [0.5, 0.6) is 0 Å². The molecule has 2 atom stereocenters. The molecule has 1 saturated heterocycles. The molecule has 0 spiro atoms. The summed E-state index contributed by atoms with van der Waals surface area (Å²) in [6.07, 6.45) is 5.91. The first-order valence-electron chi connectivity index (χ1n) is 8.96. The number of hydrogen-bond acceptors (Lipinski definition) is 3. The normalized spacial score (nSPS) is 25.1. The number of carbonyl (C=O) groups is 1. The van der Waals surface area contributed by atoms with Crippen LogP contribution < -0.4 is 5.32 Å². The second-order valence-electron chi connectivity index (χ2n) is 6.98. The zero-order valence-electron chi connectivity index (χ0n) is 14.0. The van der Waals surface area contributed by atoms with Crippen LogP contribution in [0.25, 0.3) is 0 Å². The molecule has 1 aliphatic carbocycles. The predicted molar refractivity (Wildman–Crippen MR) is 91.2 cm³/mol. The van der Waals surface area contributed by atoms with Crippen molar-refractivity contribution >= 4 is 6.09 Å². The van der Waals surface area contributed by atoms with E-state index in [2.05, 4.69) is 17.1 Å². The first-order valence-corrected chi connectivity index (χ1v) is 8.96. The predicted octanol–water partition coefficient (Wildman–Crippen LogP) is 3.57. The molecule has 126 valence electrons. The summed E-state index contributed by atoms with van der Waals surface area (Å²) < 4.78 is 5.37. The number of carbonyl (C=O) groups excluding carboxylic acids is 1. The Balaban J connectivity index is 1.48. The molecule has 3 rings (SSSR count). The number of ether oxygens (including phenoxy) is 1. The third-order valence-corrected chi connectivity index (χ3v) is 4.86. The molecule has 1 saturated carbocycles. The molecule has 1 aliphatic heterocycles. The maximum atomic E-state index is 12.1. The Morgan fingerprint density at radius 3 is 2.74 bits per heavy atom. The average molecular weight is 316 g/mol. The minimum atomic E-state index is -0.285. The highest BCUT2D eigenvalue weighted by molar-refractivity contribution is 5.67. The van der Waals surface area contributed by atoms with E-state index in [4.69, 9.17) is 4.74 Å². The number of rotatable bonds is 6. The molecule has 0 radical (unpaired) electrons. The molecule has 2 aliphatic rings. The molecule has 1 amide bonds. The Morgan fingerprint density at radius 1 is 1.26 bits per heavy atom. The van der Waals surface area contributed by atoms with Gasteiger partial charge < -0.3 is 10.1 Å². The van der Waals surface area contributed by atoms with Crippen LogP contribution in [0.3, 0.4) is 0 Å². The van der Waals surface area contributed by atoms with Crippen molar-refractivity contribution in [2.45, 2.75) is 57.7 Å². The summed E-state index contributed by atoms with van der Waals surface area (Å²) in [7, 11) is 0. The number of piperidine rings is 1. The number of nitrogens with one attached hydrogen (secondary N) is 1. The van der Waals surface area contributed by atoms with Gasteiger partial charge in [0.1, 0.15) is 6.61 Å². The van der Waals surface area contributed by atoms with E-state index < -0.39 is 0 Å². The zero-order chi connectivity index (χ0) is 16.1. The van der Waals surface area contributed by atoms with E-state index in [1.54, 1.807) is 0 Å². The maximum absolute atomic E-state index is 12.1. The molecule has 0 aromatic heterocycles. The van der Waals surface area contributed by atoms with Gasteiger partial charge >= 0.3 is 6.09 Å². The first-order chi connectivity index (χ1) is 11.2. The van der Waals surface area contributed by atoms with Crippen LogP contribution in [0.2, 0.25) is 0 Å². The molecular weight excluding hydrogens is 288 g/mol. The van der Waals surface area contributed by atoms with Crippen LogP contribution in [-0.2, 0) is 11.3 Å². The number of nitrogens with zero attached hydrogens (tertiary/aromatic N) is 1. The van der Waals surface area contributed by atoms with Crippen molar-refractivity contribution in [2.24, 2.45) is 5.92 Å². The number of hydrogen-bond donors (Lipinski definition) is 1. The summed E-state index contributed by atoms with van der Waals surface area (Å²) in [5.74, 6) is 0.703. The Kier molecular flexibility index (Phi) is 5.55. The number of alkyl carbamates (subject to hydrolysis) is 1. The van der Waals surface area contributed by atoms with E-state index in [0.29, 0.717) is 12.5 Å². The van der Waals surface area contributed by atoms with Crippen LogP contribution in [0.15, 0.2) is 30.3 Å². The van der Waals surface area contributed by atoms with E-state index in [1.807, 2.05) is 30.3 Å². The second-order valence-corrected chi connectivity index (χ2v) is 6.98. The topological polar surface area (TPSA) is 41.6 Å². The quantitative estimate of drug-likeness (QED) is 0.872. The highest BCUT2D eigenvalue weighted by atomic mass is 16.5. The Bertz CT molecular complexity index is 501. The maximum Gasteiger partial charge on any atom is 0.407 e. The summed E-state index contributed by atoms with van der Waals surface area (Å²) in [5.41, 5.74) is 1.02. The third-order valence-electron chi connectivity index (χ3n) is 4.86. The summed E-state index contributed by atoms with van der Waals surface area (Å²) in [6, 6.07) is 10.8. The highest BCUT2D eigenvalue weighted by Crippen LogP contribution is 2.32. The Hall–Kier alpha value is -1.55. The van der Waals surface area contributed by atoms with Gasteiger partial charge in [-0.2, -0.15) is 0 Å². The monoisotopic (exact) mass is 316 g/mol. The van der Waals surface area contributed by atoms with Gasteiger partial charge in [-0.25, -0.2) is 4.79 Å². The minimum absolute atomic E-state index is 0.226. The van der Waals surface area contributed by atoms with Crippen molar-refractivity contribution in [1.29, 1.82) is 0 Å².